The molecule has 6 heteroatoms. The average molecular weight is 432 g/mol. The molecule has 1 saturated carbocycles. The normalized spacial score (nSPS) is 31.9. The molecule has 31 heavy (non-hydrogen) atoms. The lowest BCUT2D eigenvalue weighted by atomic mass is 9.84. The highest BCUT2D eigenvalue weighted by atomic mass is 16.2. The average Bonchev–Trinajstić information content (AvgIpc) is 3.04. The molecule has 174 valence electrons. The summed E-state index contributed by atoms with van der Waals surface area (Å²) in [6.07, 6.45) is 2.45. The zero-order chi connectivity index (χ0) is 23.3. The van der Waals surface area contributed by atoms with Crippen LogP contribution in [0.4, 0.5) is 0 Å². The van der Waals surface area contributed by atoms with Crippen molar-refractivity contribution >= 4 is 17.6 Å². The van der Waals surface area contributed by atoms with Gasteiger partial charge in [-0.2, -0.15) is 0 Å². The van der Waals surface area contributed by atoms with Crippen LogP contribution in [0.3, 0.4) is 0 Å². The minimum atomic E-state index is -0.497. The van der Waals surface area contributed by atoms with Crippen LogP contribution in [0.25, 0.3) is 0 Å². The van der Waals surface area contributed by atoms with Crippen LogP contribution in [0.5, 0.6) is 0 Å². The SMILES string of the molecule is CC(C)CCNC(=O)CC[C@@]1(C)C2C3=C(C(C)C(C(=O)N[C@@H](C)C(=O)C(C)(C)C)N3)C21. The molecule has 0 radical (unpaired) electrons. The third-order valence-electron chi connectivity index (χ3n) is 7.61. The summed E-state index contributed by atoms with van der Waals surface area (Å²) in [6, 6.07) is -0.805. The second-order valence-electron chi connectivity index (χ2n) is 11.6. The van der Waals surface area contributed by atoms with Crippen LogP contribution in [-0.2, 0) is 14.4 Å². The third-order valence-corrected chi connectivity index (χ3v) is 7.61. The van der Waals surface area contributed by atoms with Crippen LogP contribution >= 0.6 is 0 Å². The Hall–Kier alpha value is -1.85. The summed E-state index contributed by atoms with van der Waals surface area (Å²) in [5.74, 6) is 1.73. The van der Waals surface area contributed by atoms with Crippen molar-refractivity contribution in [2.24, 2.45) is 34.5 Å². The quantitative estimate of drug-likeness (QED) is 0.523. The first kappa shape index (κ1) is 23.8. The van der Waals surface area contributed by atoms with Gasteiger partial charge in [-0.05, 0) is 42.6 Å². The molecule has 0 aromatic rings. The molecule has 0 aromatic carbocycles. The van der Waals surface area contributed by atoms with E-state index < -0.39 is 11.5 Å². The summed E-state index contributed by atoms with van der Waals surface area (Å²) in [6.45, 7) is 16.8. The van der Waals surface area contributed by atoms with Gasteiger partial charge >= 0.3 is 0 Å². The van der Waals surface area contributed by atoms with Gasteiger partial charge in [0.2, 0.25) is 11.8 Å². The maximum Gasteiger partial charge on any atom is 0.243 e. The minimum Gasteiger partial charge on any atom is -0.376 e. The molecule has 2 aliphatic carbocycles. The second kappa shape index (κ2) is 8.25. The topological polar surface area (TPSA) is 87.3 Å². The van der Waals surface area contributed by atoms with Gasteiger partial charge in [-0.3, -0.25) is 14.4 Å². The lowest BCUT2D eigenvalue weighted by molar-refractivity contribution is -0.132. The van der Waals surface area contributed by atoms with E-state index in [0.29, 0.717) is 24.2 Å². The van der Waals surface area contributed by atoms with Crippen molar-refractivity contribution in [3.63, 3.8) is 0 Å². The Labute approximate surface area is 187 Å². The number of hydrogen-bond donors (Lipinski definition) is 3. The van der Waals surface area contributed by atoms with Crippen molar-refractivity contribution in [3.05, 3.63) is 11.3 Å². The van der Waals surface area contributed by atoms with Gasteiger partial charge in [0.05, 0.1) is 6.04 Å². The first-order chi connectivity index (χ1) is 14.3. The van der Waals surface area contributed by atoms with E-state index in [9.17, 15) is 14.4 Å². The number of allylic oxidation sites excluding steroid dienone is 1. The maximum atomic E-state index is 12.9. The largest absolute Gasteiger partial charge is 0.376 e. The zero-order valence-corrected chi connectivity index (χ0v) is 20.5. The molecule has 0 aromatic heterocycles. The van der Waals surface area contributed by atoms with E-state index in [-0.39, 0.29) is 35.0 Å². The highest BCUT2D eigenvalue weighted by Gasteiger charge is 2.73. The summed E-state index contributed by atoms with van der Waals surface area (Å²) < 4.78 is 0. The molecule has 6 nitrogen and oxygen atoms in total. The summed E-state index contributed by atoms with van der Waals surface area (Å²) in [4.78, 5) is 37.5. The number of Topliss-reactive ketones (excluding diaryl/α,β-unsaturated/α-hetero) is 1. The fourth-order valence-electron chi connectivity index (χ4n) is 5.61. The van der Waals surface area contributed by atoms with Crippen LogP contribution in [0.15, 0.2) is 11.3 Å². The smallest absolute Gasteiger partial charge is 0.243 e. The summed E-state index contributed by atoms with van der Waals surface area (Å²) in [5, 5.41) is 9.41. The maximum absolute atomic E-state index is 12.9. The van der Waals surface area contributed by atoms with E-state index in [4.69, 9.17) is 0 Å². The van der Waals surface area contributed by atoms with Crippen molar-refractivity contribution in [1.82, 2.24) is 16.0 Å². The Kier molecular flexibility index (Phi) is 6.34. The second-order valence-corrected chi connectivity index (χ2v) is 11.6. The zero-order valence-electron chi connectivity index (χ0n) is 20.5. The van der Waals surface area contributed by atoms with Gasteiger partial charge in [-0.1, -0.05) is 48.5 Å². The summed E-state index contributed by atoms with van der Waals surface area (Å²) in [7, 11) is 0. The number of ketones is 1. The molecule has 3 N–H and O–H groups in total. The van der Waals surface area contributed by atoms with E-state index in [1.807, 2.05) is 20.8 Å². The fraction of sp³-hybridized carbons (Fsp3) is 0.800. The standard InChI is InChI=1S/C25H41N3O3/c1-13(2)10-12-26-16(29)9-11-25(8)18-17-14(3)20(28-21(17)19(18)25)23(31)27-15(4)22(30)24(5,6)7/h13-15,18-20,28H,9-12H2,1-8H3,(H,26,29)(H,27,31)/t14?,15-,18?,19?,20?,25+/m0/s1. The van der Waals surface area contributed by atoms with Crippen LogP contribution in [0.1, 0.15) is 74.7 Å². The fourth-order valence-corrected chi connectivity index (χ4v) is 5.61. The highest BCUT2D eigenvalue weighted by Crippen LogP contribution is 2.76. The Bertz CT molecular complexity index is 794. The van der Waals surface area contributed by atoms with Crippen LogP contribution in [0, 0.1) is 34.5 Å². The minimum absolute atomic E-state index is 0.0388. The Morgan fingerprint density at radius 2 is 1.77 bits per heavy atom. The molecular weight excluding hydrogens is 390 g/mol. The first-order valence-electron chi connectivity index (χ1n) is 11.9. The molecule has 2 amide bonds. The lowest BCUT2D eigenvalue weighted by Crippen LogP contribution is -2.51. The number of hydrogen-bond acceptors (Lipinski definition) is 4. The van der Waals surface area contributed by atoms with Crippen molar-refractivity contribution < 1.29 is 14.4 Å². The van der Waals surface area contributed by atoms with Crippen molar-refractivity contribution in [2.75, 3.05) is 6.54 Å². The van der Waals surface area contributed by atoms with Gasteiger partial charge in [0.25, 0.3) is 0 Å². The predicted molar refractivity (Wildman–Crippen MR) is 122 cm³/mol. The molecule has 3 rings (SSSR count). The molecule has 6 atom stereocenters. The predicted octanol–water partition coefficient (Wildman–Crippen LogP) is 3.18. The van der Waals surface area contributed by atoms with Gasteiger partial charge in [0, 0.05) is 35.9 Å². The van der Waals surface area contributed by atoms with Crippen LogP contribution in [0.2, 0.25) is 0 Å². The van der Waals surface area contributed by atoms with Gasteiger partial charge in [0.1, 0.15) is 6.04 Å². The molecular formula is C25H41N3O3. The van der Waals surface area contributed by atoms with Crippen LogP contribution in [-0.4, -0.2) is 36.2 Å². The van der Waals surface area contributed by atoms with Gasteiger partial charge in [-0.15, -0.1) is 0 Å². The van der Waals surface area contributed by atoms with E-state index in [0.717, 1.165) is 19.4 Å². The first-order valence-corrected chi connectivity index (χ1v) is 11.9. The van der Waals surface area contributed by atoms with Gasteiger partial charge < -0.3 is 16.0 Å². The lowest BCUT2D eigenvalue weighted by Gasteiger charge is -2.25. The molecule has 1 fully saturated rings. The molecule has 1 heterocycles. The number of rotatable bonds is 9. The Balaban J connectivity index is 1.48. The third kappa shape index (κ3) is 4.40. The molecule has 0 saturated heterocycles. The van der Waals surface area contributed by atoms with Crippen molar-refractivity contribution in [2.45, 2.75) is 86.7 Å². The van der Waals surface area contributed by atoms with Gasteiger partial charge in [-0.25, -0.2) is 0 Å². The molecule has 0 spiro atoms. The van der Waals surface area contributed by atoms with Crippen molar-refractivity contribution in [1.29, 1.82) is 0 Å². The number of carbonyl (C=O) groups is 3. The highest BCUT2D eigenvalue weighted by molar-refractivity contribution is 5.94. The monoisotopic (exact) mass is 431 g/mol. The van der Waals surface area contributed by atoms with Crippen LogP contribution < -0.4 is 16.0 Å². The Morgan fingerprint density at radius 3 is 2.32 bits per heavy atom. The molecule has 3 aliphatic rings. The molecule has 0 bridgehead atoms. The summed E-state index contributed by atoms with van der Waals surface area (Å²) in [5.41, 5.74) is 2.24. The van der Waals surface area contributed by atoms with Crippen molar-refractivity contribution in [3.8, 4) is 0 Å². The number of fused-ring (bicyclic) bond motifs is 3. The number of nitrogens with one attached hydrogen (secondary N) is 3. The van der Waals surface area contributed by atoms with Gasteiger partial charge in [0.15, 0.2) is 5.78 Å². The molecule has 4 unspecified atom stereocenters. The number of carbonyl (C=O) groups excluding carboxylic acids is 3. The molecule has 1 aliphatic heterocycles. The van der Waals surface area contributed by atoms with E-state index in [1.54, 1.807) is 6.92 Å². The van der Waals surface area contributed by atoms with E-state index in [2.05, 4.69) is 43.6 Å². The van der Waals surface area contributed by atoms with E-state index in [1.165, 1.54) is 11.3 Å². The summed E-state index contributed by atoms with van der Waals surface area (Å²) >= 11 is 0. The Morgan fingerprint density at radius 1 is 1.13 bits per heavy atom. The van der Waals surface area contributed by atoms with E-state index >= 15 is 0 Å². The number of amides is 2.